The summed E-state index contributed by atoms with van der Waals surface area (Å²) in [5, 5.41) is 14.5. The smallest absolute Gasteiger partial charge is 0.367 e. The average molecular weight is 688 g/mol. The lowest BCUT2D eigenvalue weighted by Gasteiger charge is -2.33. The van der Waals surface area contributed by atoms with Crippen LogP contribution in [-0.2, 0) is 34.1 Å². The number of amides is 1. The van der Waals surface area contributed by atoms with Crippen LogP contribution < -0.4 is 5.32 Å². The Morgan fingerprint density at radius 1 is 1.09 bits per heavy atom. The van der Waals surface area contributed by atoms with E-state index in [1.165, 1.54) is 18.6 Å². The number of piperidine rings is 2. The van der Waals surface area contributed by atoms with Gasteiger partial charge in [0.05, 0.1) is 17.1 Å². The van der Waals surface area contributed by atoms with Gasteiger partial charge in [0.25, 0.3) is 0 Å². The third-order valence-corrected chi connectivity index (χ3v) is 12.1. The van der Waals surface area contributed by atoms with Crippen molar-refractivity contribution in [3.63, 3.8) is 0 Å². The van der Waals surface area contributed by atoms with E-state index in [-0.39, 0.29) is 23.4 Å². The molecule has 2 aliphatic rings. The van der Waals surface area contributed by atoms with E-state index in [1.54, 1.807) is 9.47 Å². The molecule has 15 heteroatoms. The van der Waals surface area contributed by atoms with Crippen LogP contribution in [0.3, 0.4) is 0 Å². The number of aromatic nitrogens is 3. The summed E-state index contributed by atoms with van der Waals surface area (Å²) in [4.78, 5) is 26.5. The molecule has 2 fully saturated rings. The summed E-state index contributed by atoms with van der Waals surface area (Å²) in [6, 6.07) is 9.74. The average Bonchev–Trinajstić information content (AvgIpc) is 3.59. The van der Waals surface area contributed by atoms with Crippen molar-refractivity contribution < 1.29 is 26.4 Å². The molecule has 47 heavy (non-hydrogen) atoms. The van der Waals surface area contributed by atoms with E-state index in [0.717, 1.165) is 65.8 Å². The molecular weight excluding hydrogens is 652 g/mol. The maximum absolute atomic E-state index is 13.2. The fourth-order valence-electron chi connectivity index (χ4n) is 6.70. The molecule has 2 aliphatic heterocycles. The van der Waals surface area contributed by atoms with Crippen molar-refractivity contribution in [1.82, 2.24) is 24.3 Å². The molecule has 0 aliphatic carbocycles. The zero-order valence-electron chi connectivity index (χ0n) is 26.2. The predicted octanol–water partition coefficient (Wildman–Crippen LogP) is 5.04. The molecule has 0 unspecified atom stereocenters. The van der Waals surface area contributed by atoms with E-state index < -0.39 is 27.7 Å². The van der Waals surface area contributed by atoms with Gasteiger partial charge in [-0.25, -0.2) is 18.4 Å². The topological polar surface area (TPSA) is 124 Å². The van der Waals surface area contributed by atoms with Crippen molar-refractivity contribution in [2.45, 2.75) is 69.6 Å². The lowest BCUT2D eigenvalue weighted by molar-refractivity contribution is -0.132. The second kappa shape index (κ2) is 13.0. The van der Waals surface area contributed by atoms with E-state index in [4.69, 9.17) is 0 Å². The normalized spacial score (nSPS) is 17.4. The molecule has 3 aromatic heterocycles. The predicted molar refractivity (Wildman–Crippen MR) is 175 cm³/mol. The van der Waals surface area contributed by atoms with Gasteiger partial charge < -0.3 is 14.8 Å². The van der Waals surface area contributed by atoms with Gasteiger partial charge in [0.1, 0.15) is 45.1 Å². The number of likely N-dealkylation sites (tertiary alicyclic amines) is 2. The van der Waals surface area contributed by atoms with Crippen LogP contribution in [0.1, 0.15) is 47.4 Å². The fraction of sp³-hybridized carbons (Fsp3) is 0.500. The third kappa shape index (κ3) is 7.39. The number of aryl methyl sites for hydroxylation is 1. The Balaban J connectivity index is 1.09. The number of nitriles is 1. The number of anilines is 1. The van der Waals surface area contributed by atoms with Crippen LogP contribution in [-0.4, -0.2) is 88.6 Å². The molecule has 0 spiro atoms. The van der Waals surface area contributed by atoms with Gasteiger partial charge in [0.15, 0.2) is 0 Å². The van der Waals surface area contributed by atoms with Crippen LogP contribution >= 0.6 is 11.3 Å². The first-order valence-electron chi connectivity index (χ1n) is 15.6. The summed E-state index contributed by atoms with van der Waals surface area (Å²) in [6.45, 7) is 5.18. The highest BCUT2D eigenvalue weighted by Crippen LogP contribution is 2.33. The number of benzene rings is 1. The zero-order chi connectivity index (χ0) is 33.5. The number of nitrogens with one attached hydrogen (secondary N) is 1. The molecule has 4 aromatic rings. The quantitative estimate of drug-likeness (QED) is 0.273. The van der Waals surface area contributed by atoms with Crippen molar-refractivity contribution >= 4 is 54.0 Å². The second-order valence-corrected chi connectivity index (χ2v) is 16.0. The van der Waals surface area contributed by atoms with Crippen LogP contribution in [0, 0.1) is 18.3 Å². The standard InChI is InChI=1S/C32H36F3N7O3S2/c1-20-21(3-4-28-26(20)13-23(16-36)42(28)18-29(43)41-11-7-25(8-12-41)47(2,44)45)17-40-9-5-22(6-10-40)39-30-27-14-24(15-32(33,34)35)46-31(27)38-19-37-30/h3-4,13-14,19,22,25H,5-12,15,17-18H2,1-2H3,(H,37,38,39). The number of thiophene rings is 1. The second-order valence-electron chi connectivity index (χ2n) is 12.6. The van der Waals surface area contributed by atoms with Crippen LogP contribution in [0.25, 0.3) is 21.1 Å². The molecule has 2 saturated heterocycles. The number of hydrogen-bond donors (Lipinski definition) is 1. The lowest BCUT2D eigenvalue weighted by Crippen LogP contribution is -2.43. The van der Waals surface area contributed by atoms with Crippen LogP contribution in [0.5, 0.6) is 0 Å². The molecule has 0 radical (unpaired) electrons. The van der Waals surface area contributed by atoms with Gasteiger partial charge in [0.2, 0.25) is 5.91 Å². The molecule has 1 N–H and O–H groups in total. The number of carbonyl (C=O) groups is 1. The molecule has 0 atom stereocenters. The highest BCUT2D eigenvalue weighted by Gasteiger charge is 2.31. The number of nitrogens with zero attached hydrogens (tertiary/aromatic N) is 6. The summed E-state index contributed by atoms with van der Waals surface area (Å²) in [5.74, 6) is 0.432. The largest absolute Gasteiger partial charge is 0.393 e. The Hall–Kier alpha value is -3.74. The number of fused-ring (bicyclic) bond motifs is 2. The Kier molecular flexibility index (Phi) is 9.21. The molecule has 0 bridgehead atoms. The molecule has 1 aromatic carbocycles. The first-order chi connectivity index (χ1) is 22.3. The minimum atomic E-state index is -4.28. The van der Waals surface area contributed by atoms with E-state index in [0.29, 0.717) is 47.7 Å². The van der Waals surface area contributed by atoms with Crippen LogP contribution in [0.4, 0.5) is 19.0 Å². The maximum atomic E-state index is 13.2. The molecular formula is C32H36F3N7O3S2. The molecule has 6 rings (SSSR count). The van der Waals surface area contributed by atoms with Crippen molar-refractivity contribution in [2.24, 2.45) is 0 Å². The first kappa shape index (κ1) is 33.2. The Morgan fingerprint density at radius 2 is 1.81 bits per heavy atom. The van der Waals surface area contributed by atoms with Gasteiger partial charge in [0, 0.05) is 60.8 Å². The minimum Gasteiger partial charge on any atom is -0.367 e. The SMILES string of the molecule is Cc1c(CN2CCC(Nc3ncnc4sc(CC(F)(F)F)cc34)CC2)ccc2c1cc(C#N)n2CC(=O)N1CCC(S(C)(=O)=O)CC1. The maximum Gasteiger partial charge on any atom is 0.393 e. The summed E-state index contributed by atoms with van der Waals surface area (Å²) in [6.07, 6.45) is -0.116. The van der Waals surface area contributed by atoms with E-state index >= 15 is 0 Å². The summed E-state index contributed by atoms with van der Waals surface area (Å²) in [5.41, 5.74) is 3.40. The minimum absolute atomic E-state index is 0.0168. The third-order valence-electron chi connectivity index (χ3n) is 9.35. The van der Waals surface area contributed by atoms with Gasteiger partial charge in [-0.2, -0.15) is 18.4 Å². The molecule has 10 nitrogen and oxygen atoms in total. The highest BCUT2D eigenvalue weighted by atomic mass is 32.2. The molecule has 0 saturated carbocycles. The summed E-state index contributed by atoms with van der Waals surface area (Å²) >= 11 is 1.04. The van der Waals surface area contributed by atoms with E-state index in [9.17, 15) is 31.6 Å². The van der Waals surface area contributed by atoms with Gasteiger partial charge in [-0.15, -0.1) is 11.3 Å². The first-order valence-corrected chi connectivity index (χ1v) is 18.3. The van der Waals surface area contributed by atoms with E-state index in [1.807, 2.05) is 19.1 Å². The molecule has 5 heterocycles. The monoisotopic (exact) mass is 687 g/mol. The van der Waals surface area contributed by atoms with Gasteiger partial charge in [-0.05, 0) is 61.9 Å². The van der Waals surface area contributed by atoms with Crippen molar-refractivity contribution in [3.8, 4) is 6.07 Å². The zero-order valence-corrected chi connectivity index (χ0v) is 27.8. The number of sulfone groups is 1. The van der Waals surface area contributed by atoms with Gasteiger partial charge in [-0.3, -0.25) is 9.69 Å². The van der Waals surface area contributed by atoms with Gasteiger partial charge >= 0.3 is 6.18 Å². The number of carbonyl (C=O) groups excluding carboxylic acids is 1. The lowest BCUT2D eigenvalue weighted by atomic mass is 10.0. The van der Waals surface area contributed by atoms with Crippen LogP contribution in [0.2, 0.25) is 0 Å². The van der Waals surface area contributed by atoms with Crippen LogP contribution in [0.15, 0.2) is 30.6 Å². The Labute approximate surface area is 275 Å². The summed E-state index contributed by atoms with van der Waals surface area (Å²) in [7, 11) is -3.14. The number of alkyl halides is 3. The van der Waals surface area contributed by atoms with Crippen molar-refractivity contribution in [3.05, 3.63) is 52.3 Å². The van der Waals surface area contributed by atoms with Gasteiger partial charge in [-0.1, -0.05) is 6.07 Å². The Bertz CT molecular complexity index is 1950. The number of hydrogen-bond acceptors (Lipinski definition) is 9. The summed E-state index contributed by atoms with van der Waals surface area (Å²) < 4.78 is 64.4. The molecule has 250 valence electrons. The van der Waals surface area contributed by atoms with Crippen molar-refractivity contribution in [2.75, 3.05) is 37.8 Å². The highest BCUT2D eigenvalue weighted by molar-refractivity contribution is 7.91. The number of rotatable bonds is 8. The fourth-order valence-corrected chi connectivity index (χ4v) is 8.79. The molecule has 1 amide bonds. The Morgan fingerprint density at radius 3 is 2.47 bits per heavy atom. The van der Waals surface area contributed by atoms with E-state index in [2.05, 4.69) is 32.3 Å². The van der Waals surface area contributed by atoms with Crippen molar-refractivity contribution in [1.29, 1.82) is 5.26 Å². The number of halogens is 3.